The minimum atomic E-state index is -3.99. The quantitative estimate of drug-likeness (QED) is 0.418. The maximum atomic E-state index is 13.8. The Bertz CT molecular complexity index is 1380. The van der Waals surface area contributed by atoms with Crippen LogP contribution in [-0.4, -0.2) is 71.6 Å². The van der Waals surface area contributed by atoms with Gasteiger partial charge in [0.05, 0.1) is 24.0 Å². The second-order valence-electron chi connectivity index (χ2n) is 9.48. The summed E-state index contributed by atoms with van der Waals surface area (Å²) in [6.45, 7) is 2.22. The zero-order valence-corrected chi connectivity index (χ0v) is 21.1. The van der Waals surface area contributed by atoms with Crippen LogP contribution in [0.2, 0.25) is 0 Å². The Hall–Kier alpha value is -2.36. The molecule has 1 aliphatic carbocycles. The summed E-state index contributed by atoms with van der Waals surface area (Å²) in [5.41, 5.74) is 0.393. The van der Waals surface area contributed by atoms with Crippen LogP contribution in [0.4, 0.5) is 23.2 Å². The Morgan fingerprint density at radius 1 is 1.28 bits per heavy atom. The highest BCUT2D eigenvalue weighted by molar-refractivity contribution is 7.89. The molecule has 2 aliphatic rings. The lowest BCUT2D eigenvalue weighted by atomic mass is 10.0. The first kappa shape index (κ1) is 25.3. The van der Waals surface area contributed by atoms with Gasteiger partial charge in [-0.25, -0.2) is 35.7 Å². The summed E-state index contributed by atoms with van der Waals surface area (Å²) in [7, 11) is -3.99. The molecule has 0 spiro atoms. The number of piperazine rings is 1. The smallest absolute Gasteiger partial charge is 0.291 e. The van der Waals surface area contributed by atoms with E-state index >= 15 is 0 Å². The number of nitrogens with zero attached hydrogens (tertiary/aromatic N) is 5. The van der Waals surface area contributed by atoms with E-state index in [0.717, 1.165) is 0 Å². The number of hydrogen-bond acceptors (Lipinski definition) is 8. The van der Waals surface area contributed by atoms with E-state index in [-0.39, 0.29) is 22.1 Å². The van der Waals surface area contributed by atoms with Crippen LogP contribution in [-0.2, 0) is 10.0 Å². The molecule has 2 fully saturated rings. The van der Waals surface area contributed by atoms with Crippen LogP contribution < -0.4 is 14.9 Å². The lowest BCUT2D eigenvalue weighted by Gasteiger charge is -2.44. The average molecular weight is 548 g/mol. The summed E-state index contributed by atoms with van der Waals surface area (Å²) in [5.74, 6) is 0. The maximum absolute atomic E-state index is 13.8. The van der Waals surface area contributed by atoms with Crippen LogP contribution in [0.5, 0.6) is 0 Å². The van der Waals surface area contributed by atoms with Crippen LogP contribution >= 0.6 is 11.3 Å². The van der Waals surface area contributed by atoms with Crippen molar-refractivity contribution in [2.45, 2.75) is 61.7 Å². The third kappa shape index (κ3) is 4.57. The maximum Gasteiger partial charge on any atom is 0.291 e. The largest absolute Gasteiger partial charge is 0.362 e. The number of nitrogens with one attached hydrogen (secondary N) is 2. The van der Waals surface area contributed by atoms with Gasteiger partial charge in [-0.1, -0.05) is 11.3 Å². The van der Waals surface area contributed by atoms with Gasteiger partial charge in [-0.2, -0.15) is 0 Å². The average Bonchev–Trinajstić information content (AvgIpc) is 3.23. The van der Waals surface area contributed by atoms with E-state index in [1.165, 1.54) is 22.9 Å². The molecule has 196 valence electrons. The highest BCUT2D eigenvalue weighted by atomic mass is 32.2. The van der Waals surface area contributed by atoms with Gasteiger partial charge in [0.1, 0.15) is 23.9 Å². The molecule has 2 N–H and O–H groups in total. The molecule has 36 heavy (non-hydrogen) atoms. The van der Waals surface area contributed by atoms with Crippen LogP contribution in [0.25, 0.3) is 16.3 Å². The highest BCUT2D eigenvalue weighted by Gasteiger charge is 2.42. The molecule has 15 heteroatoms. The van der Waals surface area contributed by atoms with Gasteiger partial charge in [-0.15, -0.1) is 10.2 Å². The number of halogens is 4. The van der Waals surface area contributed by atoms with Crippen molar-refractivity contribution >= 4 is 32.7 Å². The van der Waals surface area contributed by atoms with Crippen molar-refractivity contribution in [3.05, 3.63) is 23.5 Å². The monoisotopic (exact) mass is 547 g/mol. The summed E-state index contributed by atoms with van der Waals surface area (Å²) >= 11 is 0.676. The van der Waals surface area contributed by atoms with E-state index in [9.17, 15) is 26.0 Å². The molecule has 0 bridgehead atoms. The van der Waals surface area contributed by atoms with Gasteiger partial charge < -0.3 is 10.2 Å². The van der Waals surface area contributed by atoms with Crippen molar-refractivity contribution < 1.29 is 26.0 Å². The summed E-state index contributed by atoms with van der Waals surface area (Å²) in [6, 6.07) is -0.371. The molecule has 0 amide bonds. The van der Waals surface area contributed by atoms with Gasteiger partial charge in [-0.3, -0.25) is 4.40 Å². The number of aromatic nitrogens is 4. The molecule has 3 aromatic heterocycles. The lowest BCUT2D eigenvalue weighted by Crippen LogP contribution is -2.63. The summed E-state index contributed by atoms with van der Waals surface area (Å²) in [6.07, 6.45) is 1.34. The lowest BCUT2D eigenvalue weighted by molar-refractivity contribution is 0.150. The van der Waals surface area contributed by atoms with Crippen molar-refractivity contribution in [2.24, 2.45) is 0 Å². The van der Waals surface area contributed by atoms with Crippen molar-refractivity contribution in [1.29, 1.82) is 0 Å². The van der Waals surface area contributed by atoms with E-state index < -0.39 is 58.5 Å². The third-order valence-electron chi connectivity index (χ3n) is 6.70. The highest BCUT2D eigenvalue weighted by Crippen LogP contribution is 2.38. The first-order valence-corrected chi connectivity index (χ1v) is 13.7. The molecular weight excluding hydrogens is 522 g/mol. The van der Waals surface area contributed by atoms with E-state index in [1.54, 1.807) is 18.7 Å². The molecule has 0 radical (unpaired) electrons. The van der Waals surface area contributed by atoms with Gasteiger partial charge in [0.2, 0.25) is 10.0 Å². The van der Waals surface area contributed by atoms with Gasteiger partial charge in [-0.05, 0) is 32.8 Å². The second-order valence-corrected chi connectivity index (χ2v) is 12.2. The molecule has 4 heterocycles. The summed E-state index contributed by atoms with van der Waals surface area (Å²) < 4.78 is 84.5. The number of imidazole rings is 1. The van der Waals surface area contributed by atoms with Crippen LogP contribution in [0.3, 0.4) is 0 Å². The van der Waals surface area contributed by atoms with Crippen LogP contribution in [0, 0.1) is 0 Å². The normalized spacial score (nSPS) is 24.1. The molecular formula is C21H25F4N7O2S2. The second kappa shape index (κ2) is 9.19. The van der Waals surface area contributed by atoms with Gasteiger partial charge in [0, 0.05) is 24.3 Å². The molecule has 0 unspecified atom stereocenters. The van der Waals surface area contributed by atoms with E-state index in [2.05, 4.69) is 25.2 Å². The van der Waals surface area contributed by atoms with Crippen LogP contribution in [0.15, 0.2) is 23.4 Å². The zero-order valence-electron chi connectivity index (χ0n) is 19.5. The summed E-state index contributed by atoms with van der Waals surface area (Å²) in [5, 5.41) is 9.96. The van der Waals surface area contributed by atoms with Gasteiger partial charge in [0.15, 0.2) is 15.7 Å². The molecule has 1 aliphatic heterocycles. The number of hydrogen-bond donors (Lipinski definition) is 2. The van der Waals surface area contributed by atoms with Gasteiger partial charge >= 0.3 is 0 Å². The number of fused-ring (bicyclic) bond motifs is 1. The first-order valence-electron chi connectivity index (χ1n) is 11.4. The number of alkyl halides is 4. The Labute approximate surface area is 209 Å². The molecule has 3 atom stereocenters. The molecule has 9 nitrogen and oxygen atoms in total. The standard InChI is InChI=1S/C21H25F4N7O2S2/c1-11-14(7-23)27-12(6-22)9-31(11)15-5-13(36(33,34)30-21(2)3-4-21)10-32-16(8-26-18(15)32)19-28-29-20(35-19)17(24)25/h5,8,10-12,14,17,27,30H,3-4,6-7,9H2,1-2H3/t11-,12-,14-/m1/s1. The third-order valence-corrected chi connectivity index (χ3v) is 9.26. The van der Waals surface area contributed by atoms with Crippen LogP contribution in [0.1, 0.15) is 38.1 Å². The minimum Gasteiger partial charge on any atom is -0.362 e. The van der Waals surface area contributed by atoms with Gasteiger partial charge in [0.25, 0.3) is 6.43 Å². The molecule has 0 aromatic carbocycles. The molecule has 3 aromatic rings. The zero-order chi connectivity index (χ0) is 25.8. The van der Waals surface area contributed by atoms with E-state index in [0.29, 0.717) is 35.5 Å². The first-order chi connectivity index (χ1) is 17.0. The Morgan fingerprint density at radius 3 is 2.64 bits per heavy atom. The fourth-order valence-corrected chi connectivity index (χ4v) is 6.55. The van der Waals surface area contributed by atoms with Crippen molar-refractivity contribution in [3.63, 3.8) is 0 Å². The van der Waals surface area contributed by atoms with Crippen molar-refractivity contribution in [3.8, 4) is 10.7 Å². The number of pyridine rings is 1. The molecule has 1 saturated carbocycles. The Morgan fingerprint density at radius 2 is 2.03 bits per heavy atom. The predicted molar refractivity (Wildman–Crippen MR) is 126 cm³/mol. The number of sulfonamides is 1. The Balaban J connectivity index is 1.68. The SMILES string of the molecule is C[C@@H]1[C@@H](CF)N[C@H](CF)CN1c1cc(S(=O)(=O)NC2(C)CC2)cn2c(-c3nnc(C(F)F)s3)cnc12. The number of anilines is 1. The predicted octanol–water partition coefficient (Wildman–Crippen LogP) is 3.10. The molecule has 5 rings (SSSR count). The van der Waals surface area contributed by atoms with E-state index in [1.807, 2.05) is 0 Å². The Kier molecular flexibility index (Phi) is 6.46. The van der Waals surface area contributed by atoms with E-state index in [4.69, 9.17) is 0 Å². The fourth-order valence-electron chi connectivity index (χ4n) is 4.36. The topological polar surface area (TPSA) is 105 Å². The van der Waals surface area contributed by atoms with Crippen molar-refractivity contribution in [1.82, 2.24) is 29.6 Å². The van der Waals surface area contributed by atoms with Crippen molar-refractivity contribution in [2.75, 3.05) is 24.8 Å². The molecule has 1 saturated heterocycles. The minimum absolute atomic E-state index is 0.0877. The fraction of sp³-hybridized carbons (Fsp3) is 0.571. The summed E-state index contributed by atoms with van der Waals surface area (Å²) in [4.78, 5) is 6.07. The number of rotatable bonds is 8.